The molecule has 0 spiro atoms. The van der Waals surface area contributed by atoms with E-state index >= 15 is 0 Å². The quantitative estimate of drug-likeness (QED) is 0.0504. The first-order valence-electron chi connectivity index (χ1n) is 19.1. The maximum atomic E-state index is 10.8. The monoisotopic (exact) mass is 845 g/mol. The van der Waals surface area contributed by atoms with Gasteiger partial charge in [-0.3, -0.25) is 4.79 Å². The summed E-state index contributed by atoms with van der Waals surface area (Å²) in [6.07, 6.45) is 12.6. The number of hydrogen-bond acceptors (Lipinski definition) is 17. The molecule has 9 N–H and O–H groups in total. The molecule has 0 bridgehead atoms. The molecule has 0 aromatic heterocycles. The Morgan fingerprint density at radius 1 is 0.702 bits per heavy atom. The van der Waals surface area contributed by atoms with Gasteiger partial charge in [-0.05, 0) is 54.8 Å². The van der Waals surface area contributed by atoms with Crippen molar-refractivity contribution in [2.24, 2.45) is 34.3 Å². The summed E-state index contributed by atoms with van der Waals surface area (Å²) in [7, 11) is 0. The van der Waals surface area contributed by atoms with E-state index in [2.05, 4.69) is 20.8 Å². The summed E-state index contributed by atoms with van der Waals surface area (Å²) in [6.45, 7) is 11.4. The summed E-state index contributed by atoms with van der Waals surface area (Å²) in [5.74, 6) is -4.26. The lowest BCUT2D eigenvalue weighted by molar-refractivity contribution is -0.308. The Kier molecular flexibility index (Phi) is 29.7. The van der Waals surface area contributed by atoms with Gasteiger partial charge in [0.05, 0.1) is 68.7 Å². The third-order valence-corrected chi connectivity index (χ3v) is 10.2. The van der Waals surface area contributed by atoms with Crippen LogP contribution in [0.1, 0.15) is 73.1 Å². The summed E-state index contributed by atoms with van der Waals surface area (Å²) >= 11 is 2.69. The SMILES string of the molecule is CC(C)(C)/C=C/SC[C@H](N)C(=O)O.CC[C@@H]1OC(COC/C=C/SCC(N)C(=O)[O-])[C@@H](CC)[C@H](OC/C=C/CCC(N)C(=O)[O-])C1OC/C=C/CCC(N)C(=O)[O-]. The van der Waals surface area contributed by atoms with Crippen molar-refractivity contribution < 1.29 is 58.6 Å². The lowest BCUT2D eigenvalue weighted by atomic mass is 9.84. The fraction of sp³-hybridized carbons (Fsp3) is 0.692. The van der Waals surface area contributed by atoms with Crippen LogP contribution >= 0.6 is 23.5 Å². The molecule has 0 radical (unpaired) electrons. The Balaban J connectivity index is 0.00000205. The van der Waals surface area contributed by atoms with E-state index in [0.717, 1.165) is 6.42 Å². The van der Waals surface area contributed by atoms with Crippen molar-refractivity contribution >= 4 is 47.4 Å². The number of carboxylic acids is 4. The molecule has 18 heteroatoms. The Labute approximate surface area is 346 Å². The molecule has 0 aromatic rings. The molecule has 1 saturated heterocycles. The first-order chi connectivity index (χ1) is 26.9. The zero-order valence-corrected chi connectivity index (χ0v) is 35.5. The van der Waals surface area contributed by atoms with Crippen molar-refractivity contribution in [2.75, 3.05) is 37.9 Å². The van der Waals surface area contributed by atoms with Crippen LogP contribution in [0.15, 0.2) is 47.3 Å². The molecule has 1 aliphatic rings. The Morgan fingerprint density at radius 3 is 1.68 bits per heavy atom. The van der Waals surface area contributed by atoms with Crippen molar-refractivity contribution in [3.63, 3.8) is 0 Å². The predicted octanol–water partition coefficient (Wildman–Crippen LogP) is -0.180. The Hall–Kier alpha value is -2.78. The zero-order valence-electron chi connectivity index (χ0n) is 33.9. The van der Waals surface area contributed by atoms with E-state index in [1.54, 1.807) is 11.5 Å². The van der Waals surface area contributed by atoms with E-state index in [1.807, 2.05) is 49.6 Å². The number of ether oxygens (including phenoxy) is 4. The van der Waals surface area contributed by atoms with Crippen LogP contribution in [-0.2, 0) is 38.1 Å². The summed E-state index contributed by atoms with van der Waals surface area (Å²) in [5.41, 5.74) is 21.9. The van der Waals surface area contributed by atoms with Crippen molar-refractivity contribution in [1.29, 1.82) is 0 Å². The summed E-state index contributed by atoms with van der Waals surface area (Å²) in [5, 5.41) is 44.5. The number of rotatable bonds is 28. The fourth-order valence-corrected chi connectivity index (χ4v) is 6.67. The third-order valence-electron chi connectivity index (χ3n) is 8.33. The van der Waals surface area contributed by atoms with Crippen molar-refractivity contribution in [3.05, 3.63) is 47.3 Å². The third kappa shape index (κ3) is 26.0. The zero-order chi connectivity index (χ0) is 43.4. The summed E-state index contributed by atoms with van der Waals surface area (Å²) in [6, 6.07) is -3.86. The first kappa shape index (κ1) is 54.2. The van der Waals surface area contributed by atoms with Gasteiger partial charge >= 0.3 is 5.97 Å². The fourth-order valence-electron chi connectivity index (χ4n) is 5.04. The van der Waals surface area contributed by atoms with Gasteiger partial charge in [-0.15, -0.1) is 23.5 Å². The number of aliphatic carboxylic acids is 4. The van der Waals surface area contributed by atoms with Crippen LogP contribution in [-0.4, -0.2) is 116 Å². The molecule has 0 amide bonds. The van der Waals surface area contributed by atoms with E-state index in [-0.39, 0.29) is 67.6 Å². The van der Waals surface area contributed by atoms with Crippen molar-refractivity contribution in [3.8, 4) is 0 Å². The van der Waals surface area contributed by atoms with Gasteiger partial charge in [-0.2, -0.15) is 0 Å². The molecule has 1 heterocycles. The number of carboxylic acid groups (broad SMARTS) is 4. The molecule has 57 heavy (non-hydrogen) atoms. The molecule has 328 valence electrons. The van der Waals surface area contributed by atoms with Crippen LogP contribution < -0.4 is 38.3 Å². The summed E-state index contributed by atoms with van der Waals surface area (Å²) < 4.78 is 24.9. The highest BCUT2D eigenvalue weighted by molar-refractivity contribution is 8.02. The largest absolute Gasteiger partial charge is 0.548 e. The maximum Gasteiger partial charge on any atom is 0.321 e. The van der Waals surface area contributed by atoms with E-state index < -0.39 is 48.0 Å². The highest BCUT2D eigenvalue weighted by Gasteiger charge is 2.45. The molecule has 1 fully saturated rings. The van der Waals surface area contributed by atoms with E-state index in [9.17, 15) is 34.5 Å². The van der Waals surface area contributed by atoms with Crippen molar-refractivity contribution in [2.45, 2.75) is 122 Å². The smallest absolute Gasteiger partial charge is 0.321 e. The van der Waals surface area contributed by atoms with Gasteiger partial charge in [0.2, 0.25) is 0 Å². The van der Waals surface area contributed by atoms with Gasteiger partial charge in [0.1, 0.15) is 12.1 Å². The van der Waals surface area contributed by atoms with Crippen LogP contribution in [0, 0.1) is 11.3 Å². The molecular weight excluding hydrogens is 781 g/mol. The Bertz CT molecular complexity index is 1280. The van der Waals surface area contributed by atoms with Crippen LogP contribution in [0.3, 0.4) is 0 Å². The molecule has 0 aliphatic carbocycles. The van der Waals surface area contributed by atoms with E-state index in [1.165, 1.54) is 23.5 Å². The molecule has 1 aliphatic heterocycles. The van der Waals surface area contributed by atoms with Gasteiger partial charge in [0.15, 0.2) is 0 Å². The van der Waals surface area contributed by atoms with Crippen LogP contribution in [0.4, 0.5) is 0 Å². The average molecular weight is 846 g/mol. The van der Waals surface area contributed by atoms with E-state index in [4.69, 9.17) is 47.0 Å². The number of carbonyl (C=O) groups excluding carboxylic acids is 3. The number of carbonyl (C=O) groups is 4. The minimum Gasteiger partial charge on any atom is -0.548 e. The normalized spacial score (nSPS) is 22.4. The second kappa shape index (κ2) is 31.2. The van der Waals surface area contributed by atoms with Crippen molar-refractivity contribution in [1.82, 2.24) is 0 Å². The number of allylic oxidation sites excluding steroid dienone is 3. The van der Waals surface area contributed by atoms with Gasteiger partial charge in [0, 0.05) is 29.5 Å². The number of nitrogens with two attached hydrogens (primary N) is 4. The molecular formula is C39H65N4O12S2-3. The molecule has 16 nitrogen and oxygen atoms in total. The second-order valence-electron chi connectivity index (χ2n) is 14.4. The number of hydrogen-bond donors (Lipinski definition) is 5. The highest BCUT2D eigenvalue weighted by atomic mass is 32.2. The standard InChI is InChI=1S/C30H51N3O10S.C9H17NO2S/c1-3-20-25(18-40-14-11-17-44-19-23(33)30(38)39)43-24(4-2)27(42-16-10-6-8-13-22(32)29(36)37)26(20)41-15-9-5-7-12-21(31)28(34)35;1-9(2,3)4-5-13-6-7(10)8(11)12/h5-6,9-11,17,20-27H,3-4,7-8,12-16,18-19,31-33H2,1-2H3,(H,34,35)(H,36,37)(H,38,39);4-5,7H,6,10H2,1-3H3,(H,11,12)/p-3/b9-5+,10-6+,17-11+;5-4+/t20-,21?,22?,23?,24+,25?,26+,27?;7-/m10/s1. The molecule has 1 rings (SSSR count). The van der Waals surface area contributed by atoms with E-state index in [0.29, 0.717) is 38.2 Å². The lowest BCUT2D eigenvalue weighted by Gasteiger charge is -2.46. The molecule has 0 aromatic carbocycles. The van der Waals surface area contributed by atoms with Crippen LogP contribution in [0.25, 0.3) is 0 Å². The predicted molar refractivity (Wildman–Crippen MR) is 217 cm³/mol. The van der Waals surface area contributed by atoms with Gasteiger partial charge in [-0.25, -0.2) is 0 Å². The Morgan fingerprint density at radius 2 is 1.21 bits per heavy atom. The van der Waals surface area contributed by atoms with Gasteiger partial charge < -0.3 is 76.7 Å². The number of thioether (sulfide) groups is 2. The van der Waals surface area contributed by atoms with Crippen LogP contribution in [0.2, 0.25) is 0 Å². The van der Waals surface area contributed by atoms with Crippen LogP contribution in [0.5, 0.6) is 0 Å². The lowest BCUT2D eigenvalue weighted by Crippen LogP contribution is -2.57. The first-order valence-corrected chi connectivity index (χ1v) is 21.2. The highest BCUT2D eigenvalue weighted by Crippen LogP contribution is 2.34. The minimum absolute atomic E-state index is 0.0628. The average Bonchev–Trinajstić information content (AvgIpc) is 3.14. The van der Waals surface area contributed by atoms with Gasteiger partial charge in [0.25, 0.3) is 0 Å². The maximum absolute atomic E-state index is 10.8. The summed E-state index contributed by atoms with van der Waals surface area (Å²) in [4.78, 5) is 42.7. The minimum atomic E-state index is -1.29. The molecule has 9 atom stereocenters. The van der Waals surface area contributed by atoms with Gasteiger partial charge in [-0.1, -0.05) is 71.1 Å². The second-order valence-corrected chi connectivity index (χ2v) is 16.2. The molecule has 0 saturated carbocycles. The molecule has 5 unspecified atom stereocenters. The topological polar surface area (TPSA) is 299 Å².